The Kier molecular flexibility index (Phi) is 4.20. The van der Waals surface area contributed by atoms with Crippen molar-refractivity contribution in [2.24, 2.45) is 5.73 Å². The van der Waals surface area contributed by atoms with E-state index in [1.165, 1.54) is 16.5 Å². The van der Waals surface area contributed by atoms with Crippen LogP contribution >= 0.6 is 23.2 Å². The van der Waals surface area contributed by atoms with Crippen molar-refractivity contribution in [1.82, 2.24) is 4.57 Å². The summed E-state index contributed by atoms with van der Waals surface area (Å²) in [5, 5.41) is 2.61. The molecule has 0 spiro atoms. The van der Waals surface area contributed by atoms with Gasteiger partial charge in [0.1, 0.15) is 0 Å². The zero-order chi connectivity index (χ0) is 14.8. The van der Waals surface area contributed by atoms with E-state index < -0.39 is 0 Å². The topological polar surface area (TPSA) is 30.9 Å². The van der Waals surface area contributed by atoms with Gasteiger partial charge in [-0.1, -0.05) is 41.4 Å². The lowest BCUT2D eigenvalue weighted by Crippen LogP contribution is -2.03. The van der Waals surface area contributed by atoms with Gasteiger partial charge in [-0.25, -0.2) is 0 Å². The van der Waals surface area contributed by atoms with E-state index in [2.05, 4.69) is 35.0 Å². The van der Waals surface area contributed by atoms with E-state index in [1.54, 1.807) is 6.07 Å². The zero-order valence-corrected chi connectivity index (χ0v) is 13.0. The molecule has 0 bridgehead atoms. The highest BCUT2D eigenvalue weighted by molar-refractivity contribution is 6.35. The summed E-state index contributed by atoms with van der Waals surface area (Å²) in [5.41, 5.74) is 9.23. The summed E-state index contributed by atoms with van der Waals surface area (Å²) in [5.74, 6) is 0. The number of hydrogen-bond donors (Lipinski definition) is 1. The third-order valence-corrected chi connectivity index (χ3v) is 4.26. The maximum Gasteiger partial charge on any atom is 0.0490 e. The maximum atomic E-state index is 6.26. The van der Waals surface area contributed by atoms with E-state index in [-0.39, 0.29) is 0 Å². The largest absolute Gasteiger partial charge is 0.343 e. The molecule has 4 heteroatoms. The van der Waals surface area contributed by atoms with Crippen LogP contribution in [0.15, 0.2) is 48.7 Å². The first-order valence-corrected chi connectivity index (χ1v) is 7.65. The highest BCUT2D eigenvalue weighted by Gasteiger charge is 2.07. The summed E-state index contributed by atoms with van der Waals surface area (Å²) in [6, 6.07) is 14.1. The van der Waals surface area contributed by atoms with Crippen molar-refractivity contribution >= 4 is 34.1 Å². The summed E-state index contributed by atoms with van der Waals surface area (Å²) in [6.07, 6.45) is 2.98. The molecule has 21 heavy (non-hydrogen) atoms. The van der Waals surface area contributed by atoms with Gasteiger partial charge in [0.2, 0.25) is 0 Å². The average Bonchev–Trinajstić information content (AvgIpc) is 2.87. The Balaban J connectivity index is 1.99. The molecule has 1 aromatic heterocycles. The lowest BCUT2D eigenvalue weighted by molar-refractivity contribution is 0.837. The monoisotopic (exact) mass is 318 g/mol. The summed E-state index contributed by atoms with van der Waals surface area (Å²) in [4.78, 5) is 0. The number of hydrogen-bond acceptors (Lipinski definition) is 1. The van der Waals surface area contributed by atoms with Crippen LogP contribution in [0, 0.1) is 0 Å². The standard InChI is InChI=1S/C17H16Cl2N2/c18-14-5-4-13(16(19)10-14)11-21-9-7-15-12(6-8-20)2-1-3-17(15)21/h1-5,7,9-10H,6,8,11,20H2. The molecule has 108 valence electrons. The fraction of sp³-hybridized carbons (Fsp3) is 0.176. The van der Waals surface area contributed by atoms with Crippen LogP contribution in [0.25, 0.3) is 10.9 Å². The fourth-order valence-electron chi connectivity index (χ4n) is 2.63. The average molecular weight is 319 g/mol. The van der Waals surface area contributed by atoms with Gasteiger partial charge in [0.25, 0.3) is 0 Å². The highest BCUT2D eigenvalue weighted by Crippen LogP contribution is 2.25. The van der Waals surface area contributed by atoms with Crippen LogP contribution in [0.4, 0.5) is 0 Å². The predicted octanol–water partition coefficient (Wildman–Crippen LogP) is 4.50. The molecule has 3 aromatic rings. The number of aromatic nitrogens is 1. The lowest BCUT2D eigenvalue weighted by atomic mass is 10.1. The molecule has 0 radical (unpaired) electrons. The second-order valence-corrected chi connectivity index (χ2v) is 5.91. The first-order valence-electron chi connectivity index (χ1n) is 6.90. The summed E-state index contributed by atoms with van der Waals surface area (Å²) in [7, 11) is 0. The second kappa shape index (κ2) is 6.10. The number of nitrogens with two attached hydrogens (primary N) is 1. The molecule has 1 heterocycles. The third kappa shape index (κ3) is 2.93. The molecule has 0 saturated heterocycles. The second-order valence-electron chi connectivity index (χ2n) is 5.07. The van der Waals surface area contributed by atoms with Crippen molar-refractivity contribution in [2.75, 3.05) is 6.54 Å². The quantitative estimate of drug-likeness (QED) is 0.754. The van der Waals surface area contributed by atoms with E-state index in [9.17, 15) is 0 Å². The van der Waals surface area contributed by atoms with Crippen LogP contribution in [-0.2, 0) is 13.0 Å². The first kappa shape index (κ1) is 14.5. The van der Waals surface area contributed by atoms with Gasteiger partial charge >= 0.3 is 0 Å². The molecule has 0 aliphatic carbocycles. The van der Waals surface area contributed by atoms with Crippen molar-refractivity contribution in [1.29, 1.82) is 0 Å². The minimum atomic E-state index is 0.659. The van der Waals surface area contributed by atoms with E-state index >= 15 is 0 Å². The first-order chi connectivity index (χ1) is 10.2. The van der Waals surface area contributed by atoms with Crippen LogP contribution in [0.5, 0.6) is 0 Å². The molecule has 0 fully saturated rings. The minimum absolute atomic E-state index is 0.659. The molecule has 0 atom stereocenters. The van der Waals surface area contributed by atoms with Crippen molar-refractivity contribution in [2.45, 2.75) is 13.0 Å². The molecule has 0 unspecified atom stereocenters. The lowest BCUT2D eigenvalue weighted by Gasteiger charge is -2.09. The number of halogens is 2. The van der Waals surface area contributed by atoms with Crippen molar-refractivity contribution in [3.8, 4) is 0 Å². The van der Waals surface area contributed by atoms with Crippen LogP contribution in [0.1, 0.15) is 11.1 Å². The molecule has 2 aromatic carbocycles. The number of nitrogens with zero attached hydrogens (tertiary/aromatic N) is 1. The smallest absolute Gasteiger partial charge is 0.0490 e. The van der Waals surface area contributed by atoms with Crippen molar-refractivity contribution < 1.29 is 0 Å². The van der Waals surface area contributed by atoms with Crippen molar-refractivity contribution in [3.05, 3.63) is 69.8 Å². The summed E-state index contributed by atoms with van der Waals surface area (Å²) < 4.78 is 2.20. The van der Waals surface area contributed by atoms with Crippen LogP contribution < -0.4 is 5.73 Å². The predicted molar refractivity (Wildman–Crippen MR) is 90.3 cm³/mol. The molecule has 0 aliphatic rings. The van der Waals surface area contributed by atoms with Crippen LogP contribution in [0.3, 0.4) is 0 Å². The van der Waals surface area contributed by atoms with Crippen molar-refractivity contribution in [3.63, 3.8) is 0 Å². The van der Waals surface area contributed by atoms with Gasteiger partial charge in [-0.05, 0) is 48.4 Å². The van der Waals surface area contributed by atoms with E-state index in [0.717, 1.165) is 18.5 Å². The van der Waals surface area contributed by atoms with E-state index in [4.69, 9.17) is 28.9 Å². The Labute approximate surface area is 134 Å². The van der Waals surface area contributed by atoms with E-state index in [1.807, 2.05) is 12.1 Å². The van der Waals surface area contributed by atoms with Gasteiger partial charge < -0.3 is 10.3 Å². The normalized spacial score (nSPS) is 11.2. The summed E-state index contributed by atoms with van der Waals surface area (Å²) >= 11 is 12.2. The molecule has 3 rings (SSSR count). The van der Waals surface area contributed by atoms with Gasteiger partial charge in [0, 0.05) is 33.7 Å². The zero-order valence-electron chi connectivity index (χ0n) is 11.5. The minimum Gasteiger partial charge on any atom is -0.343 e. The molecule has 2 N–H and O–H groups in total. The Morgan fingerprint density at radius 3 is 2.62 bits per heavy atom. The number of benzene rings is 2. The summed E-state index contributed by atoms with van der Waals surface area (Å²) in [6.45, 7) is 1.39. The van der Waals surface area contributed by atoms with Crippen LogP contribution in [0.2, 0.25) is 10.0 Å². The van der Waals surface area contributed by atoms with Gasteiger partial charge in [0.15, 0.2) is 0 Å². The Morgan fingerprint density at radius 2 is 1.86 bits per heavy atom. The highest BCUT2D eigenvalue weighted by atomic mass is 35.5. The van der Waals surface area contributed by atoms with Gasteiger partial charge in [-0.2, -0.15) is 0 Å². The third-order valence-electron chi connectivity index (χ3n) is 3.67. The molecular formula is C17H16Cl2N2. The van der Waals surface area contributed by atoms with Gasteiger partial charge in [-0.3, -0.25) is 0 Å². The Bertz CT molecular complexity index is 778. The molecule has 0 amide bonds. The van der Waals surface area contributed by atoms with Gasteiger partial charge in [-0.15, -0.1) is 0 Å². The van der Waals surface area contributed by atoms with Crippen LogP contribution in [-0.4, -0.2) is 11.1 Å². The maximum absolute atomic E-state index is 6.26. The molecule has 0 aliphatic heterocycles. The SMILES string of the molecule is NCCc1cccc2c1ccn2Cc1ccc(Cl)cc1Cl. The molecule has 2 nitrogen and oxygen atoms in total. The number of rotatable bonds is 4. The molecule has 0 saturated carbocycles. The fourth-order valence-corrected chi connectivity index (χ4v) is 3.10. The molecular weight excluding hydrogens is 303 g/mol. The Hall–Kier alpha value is -1.48. The van der Waals surface area contributed by atoms with E-state index in [0.29, 0.717) is 16.6 Å². The number of fused-ring (bicyclic) bond motifs is 1. The Morgan fingerprint density at radius 1 is 1.00 bits per heavy atom. The van der Waals surface area contributed by atoms with Gasteiger partial charge in [0.05, 0.1) is 0 Å².